The number of hydrogen-bond donors (Lipinski definition) is 1. The number of rotatable bonds is 5. The van der Waals surface area contributed by atoms with Crippen LogP contribution < -0.4 is 13.8 Å². The Morgan fingerprint density at radius 3 is 2.19 bits per heavy atom. The Balaban J connectivity index is 2.58. The maximum atomic E-state index is 11.6. The summed E-state index contributed by atoms with van der Waals surface area (Å²) in [6, 6.07) is 6.37. The van der Waals surface area contributed by atoms with Crippen molar-refractivity contribution in [2.75, 3.05) is 18.5 Å². The number of benzene rings is 1. The first-order valence-electron chi connectivity index (χ1n) is 5.56. The molecule has 0 fully saturated rings. The molecule has 1 aromatic heterocycles. The molecular formula is C11H11ClN4O4S. The molecule has 0 bridgehead atoms. The van der Waals surface area contributed by atoms with Crippen molar-refractivity contribution >= 4 is 34.5 Å². The summed E-state index contributed by atoms with van der Waals surface area (Å²) >= 11 is 3.59. The Morgan fingerprint density at radius 1 is 1.14 bits per heavy atom. The number of aromatic nitrogens is 3. The normalized spacial score (nSPS) is 11.8. The summed E-state index contributed by atoms with van der Waals surface area (Å²) in [5.41, 5.74) is 0.260. The van der Waals surface area contributed by atoms with Gasteiger partial charge in [-0.3, -0.25) is 4.55 Å². The SMILES string of the molecule is COc1nc(OC)nc(N(c2ccccc2Cl)S(=O)O)n1. The Morgan fingerprint density at radius 2 is 1.71 bits per heavy atom. The first-order chi connectivity index (χ1) is 10.1. The smallest absolute Gasteiger partial charge is 0.324 e. The van der Waals surface area contributed by atoms with Crippen LogP contribution in [0.15, 0.2) is 24.3 Å². The van der Waals surface area contributed by atoms with Crippen LogP contribution in [0.5, 0.6) is 12.0 Å². The lowest BCUT2D eigenvalue weighted by Crippen LogP contribution is -2.22. The van der Waals surface area contributed by atoms with E-state index in [1.54, 1.807) is 24.3 Å². The number of hydrogen-bond acceptors (Lipinski definition) is 6. The fraction of sp³-hybridized carbons (Fsp3) is 0.182. The van der Waals surface area contributed by atoms with Crippen LogP contribution in [0.4, 0.5) is 11.6 Å². The molecule has 0 radical (unpaired) electrons. The van der Waals surface area contributed by atoms with E-state index in [-0.39, 0.29) is 28.7 Å². The van der Waals surface area contributed by atoms with E-state index in [0.29, 0.717) is 0 Å². The van der Waals surface area contributed by atoms with Gasteiger partial charge in [0.2, 0.25) is 0 Å². The first-order valence-corrected chi connectivity index (χ1v) is 7.00. The monoisotopic (exact) mass is 330 g/mol. The average Bonchev–Trinajstić information content (AvgIpc) is 2.48. The van der Waals surface area contributed by atoms with Crippen LogP contribution in [-0.2, 0) is 11.3 Å². The van der Waals surface area contributed by atoms with Crippen LogP contribution in [0.3, 0.4) is 0 Å². The Hall–Kier alpha value is -1.97. The molecule has 8 nitrogen and oxygen atoms in total. The van der Waals surface area contributed by atoms with E-state index in [1.165, 1.54) is 14.2 Å². The van der Waals surface area contributed by atoms with Gasteiger partial charge in [0.15, 0.2) is 0 Å². The quantitative estimate of drug-likeness (QED) is 0.835. The minimum atomic E-state index is -2.45. The van der Waals surface area contributed by atoms with Gasteiger partial charge in [-0.1, -0.05) is 23.7 Å². The fourth-order valence-electron chi connectivity index (χ4n) is 1.48. The zero-order valence-electron chi connectivity index (χ0n) is 11.1. The first kappa shape index (κ1) is 15.4. The third kappa shape index (κ3) is 3.38. The molecule has 1 atom stereocenters. The Bertz CT molecular complexity index is 650. The predicted octanol–water partition coefficient (Wildman–Crippen LogP) is 1.82. The van der Waals surface area contributed by atoms with Crippen molar-refractivity contribution < 1.29 is 18.2 Å². The van der Waals surface area contributed by atoms with Crippen molar-refractivity contribution in [3.63, 3.8) is 0 Å². The van der Waals surface area contributed by atoms with Crippen molar-refractivity contribution in [1.29, 1.82) is 0 Å². The number of nitrogens with zero attached hydrogens (tertiary/aromatic N) is 4. The van der Waals surface area contributed by atoms with Gasteiger partial charge in [-0.2, -0.15) is 9.97 Å². The van der Waals surface area contributed by atoms with E-state index in [9.17, 15) is 8.76 Å². The van der Waals surface area contributed by atoms with Gasteiger partial charge in [-0.25, -0.2) is 8.51 Å². The van der Waals surface area contributed by atoms with Gasteiger partial charge in [0, 0.05) is 0 Å². The molecule has 10 heteroatoms. The molecule has 0 saturated carbocycles. The molecular weight excluding hydrogens is 320 g/mol. The zero-order valence-corrected chi connectivity index (χ0v) is 12.6. The molecule has 0 aliphatic heterocycles. The molecule has 1 unspecified atom stereocenters. The van der Waals surface area contributed by atoms with E-state index in [0.717, 1.165) is 4.31 Å². The van der Waals surface area contributed by atoms with Gasteiger partial charge in [0.05, 0.1) is 24.9 Å². The average molecular weight is 331 g/mol. The predicted molar refractivity (Wildman–Crippen MR) is 77.3 cm³/mol. The van der Waals surface area contributed by atoms with Gasteiger partial charge < -0.3 is 9.47 Å². The summed E-state index contributed by atoms with van der Waals surface area (Å²) in [4.78, 5) is 11.7. The summed E-state index contributed by atoms with van der Waals surface area (Å²) in [5, 5.41) is 0.262. The lowest BCUT2D eigenvalue weighted by molar-refractivity contribution is 0.341. The molecule has 0 spiro atoms. The topological polar surface area (TPSA) is 97.7 Å². The maximum Gasteiger partial charge on any atom is 0.324 e. The summed E-state index contributed by atoms with van der Waals surface area (Å²) in [7, 11) is 2.71. The molecule has 21 heavy (non-hydrogen) atoms. The second kappa shape index (κ2) is 6.66. The van der Waals surface area contributed by atoms with Crippen LogP contribution in [-0.4, -0.2) is 37.9 Å². The van der Waals surface area contributed by atoms with Crippen molar-refractivity contribution in [2.45, 2.75) is 0 Å². The number of halogens is 1. The lowest BCUT2D eigenvalue weighted by Gasteiger charge is -2.19. The molecule has 1 N–H and O–H groups in total. The molecule has 0 saturated heterocycles. The van der Waals surface area contributed by atoms with Crippen molar-refractivity contribution in [2.24, 2.45) is 0 Å². The summed E-state index contributed by atoms with van der Waals surface area (Å²) in [6.07, 6.45) is 0. The van der Waals surface area contributed by atoms with Crippen LogP contribution in [0.25, 0.3) is 0 Å². The Labute approximate surface area is 128 Å². The summed E-state index contributed by atoms with van der Waals surface area (Å²) < 4.78 is 31.9. The van der Waals surface area contributed by atoms with Crippen LogP contribution in [0.2, 0.25) is 5.02 Å². The van der Waals surface area contributed by atoms with E-state index in [1.807, 2.05) is 0 Å². The van der Waals surface area contributed by atoms with E-state index >= 15 is 0 Å². The van der Waals surface area contributed by atoms with Crippen molar-refractivity contribution in [3.05, 3.63) is 29.3 Å². The standard InChI is InChI=1S/C11H11ClN4O4S/c1-19-10-13-9(14-11(15-10)20-2)16(21(17)18)8-6-4-3-5-7(8)12/h3-6H,1-2H3,(H,17,18). The molecule has 2 aromatic rings. The molecule has 1 aromatic carbocycles. The van der Waals surface area contributed by atoms with Gasteiger partial charge in [-0.15, -0.1) is 4.98 Å². The highest BCUT2D eigenvalue weighted by molar-refractivity contribution is 7.81. The van der Waals surface area contributed by atoms with Crippen LogP contribution in [0.1, 0.15) is 0 Å². The number of para-hydroxylation sites is 1. The Kier molecular flexibility index (Phi) is 4.89. The summed E-state index contributed by atoms with van der Waals surface area (Å²) in [6.45, 7) is 0. The molecule has 0 aliphatic carbocycles. The third-order valence-corrected chi connectivity index (χ3v) is 3.35. The van der Waals surface area contributed by atoms with Crippen LogP contribution in [0, 0.1) is 0 Å². The zero-order chi connectivity index (χ0) is 15.4. The number of anilines is 2. The van der Waals surface area contributed by atoms with E-state index in [2.05, 4.69) is 15.0 Å². The van der Waals surface area contributed by atoms with Crippen molar-refractivity contribution in [3.8, 4) is 12.0 Å². The fourth-order valence-corrected chi connectivity index (χ4v) is 2.30. The third-order valence-electron chi connectivity index (χ3n) is 2.36. The van der Waals surface area contributed by atoms with Crippen molar-refractivity contribution in [1.82, 2.24) is 15.0 Å². The van der Waals surface area contributed by atoms with Gasteiger partial charge >= 0.3 is 12.0 Å². The molecule has 0 aliphatic rings. The van der Waals surface area contributed by atoms with Gasteiger partial charge in [-0.05, 0) is 12.1 Å². The highest BCUT2D eigenvalue weighted by atomic mass is 35.5. The number of methoxy groups -OCH3 is 2. The molecule has 112 valence electrons. The molecule has 1 heterocycles. The van der Waals surface area contributed by atoms with E-state index < -0.39 is 11.3 Å². The van der Waals surface area contributed by atoms with Gasteiger partial charge in [0.1, 0.15) is 0 Å². The van der Waals surface area contributed by atoms with E-state index in [4.69, 9.17) is 21.1 Å². The lowest BCUT2D eigenvalue weighted by atomic mass is 10.3. The molecule has 0 amide bonds. The minimum absolute atomic E-state index is 0.0562. The van der Waals surface area contributed by atoms with Crippen LogP contribution >= 0.6 is 11.6 Å². The second-order valence-corrected chi connectivity index (χ2v) is 4.82. The maximum absolute atomic E-state index is 11.6. The van der Waals surface area contributed by atoms with Gasteiger partial charge in [0.25, 0.3) is 17.2 Å². The second-order valence-electron chi connectivity index (χ2n) is 3.59. The molecule has 2 rings (SSSR count). The highest BCUT2D eigenvalue weighted by Crippen LogP contribution is 2.31. The number of ether oxygens (including phenoxy) is 2. The highest BCUT2D eigenvalue weighted by Gasteiger charge is 2.23. The summed E-state index contributed by atoms with van der Waals surface area (Å²) in [5.74, 6) is -0.132. The minimum Gasteiger partial charge on any atom is -0.467 e. The largest absolute Gasteiger partial charge is 0.467 e.